The minimum Gasteiger partial charge on any atom is -0.496 e. The number of fused-ring (bicyclic) bond motifs is 1. The number of nitrogens with zero attached hydrogens (tertiary/aromatic N) is 4. The van der Waals surface area contributed by atoms with Gasteiger partial charge in [-0.05, 0) is 68.1 Å². The first kappa shape index (κ1) is 22.3. The maximum atomic E-state index is 11.2. The third-order valence-corrected chi connectivity index (χ3v) is 6.59. The van der Waals surface area contributed by atoms with E-state index in [1.165, 1.54) is 23.6 Å². The van der Waals surface area contributed by atoms with Gasteiger partial charge in [0.1, 0.15) is 5.75 Å². The van der Waals surface area contributed by atoms with Crippen LogP contribution in [0.25, 0.3) is 11.0 Å². The van der Waals surface area contributed by atoms with Crippen LogP contribution in [0.2, 0.25) is 0 Å². The molecule has 0 bridgehead atoms. The number of nitrogens with one attached hydrogen (secondary N) is 1. The summed E-state index contributed by atoms with van der Waals surface area (Å²) in [6.07, 6.45) is 4.09. The van der Waals surface area contributed by atoms with Crippen molar-refractivity contribution < 1.29 is 9.53 Å². The van der Waals surface area contributed by atoms with E-state index in [4.69, 9.17) is 9.84 Å². The summed E-state index contributed by atoms with van der Waals surface area (Å²) >= 11 is 0. The molecule has 0 aliphatic carbocycles. The molecule has 1 fully saturated rings. The van der Waals surface area contributed by atoms with E-state index in [-0.39, 0.29) is 5.91 Å². The number of pyridine rings is 1. The van der Waals surface area contributed by atoms with Crippen LogP contribution in [0.1, 0.15) is 48.1 Å². The average molecular weight is 436 g/mol. The van der Waals surface area contributed by atoms with E-state index in [1.54, 1.807) is 7.11 Å². The van der Waals surface area contributed by atoms with Crippen LogP contribution >= 0.6 is 0 Å². The summed E-state index contributed by atoms with van der Waals surface area (Å²) in [4.78, 5) is 18.4. The summed E-state index contributed by atoms with van der Waals surface area (Å²) in [6, 6.07) is 8.38. The van der Waals surface area contributed by atoms with Gasteiger partial charge in [-0.1, -0.05) is 6.07 Å². The zero-order valence-electron chi connectivity index (χ0n) is 19.5. The van der Waals surface area contributed by atoms with Gasteiger partial charge < -0.3 is 10.1 Å². The van der Waals surface area contributed by atoms with Crippen molar-refractivity contribution in [2.75, 3.05) is 26.7 Å². The number of ether oxygens (including phenoxy) is 1. The van der Waals surface area contributed by atoms with E-state index in [9.17, 15) is 4.79 Å². The summed E-state index contributed by atoms with van der Waals surface area (Å²) in [5, 5.41) is 8.94. The Hall–Kier alpha value is -2.93. The summed E-state index contributed by atoms with van der Waals surface area (Å²) in [5.74, 6) is 1.30. The van der Waals surface area contributed by atoms with Crippen molar-refractivity contribution in [1.29, 1.82) is 0 Å². The Balaban J connectivity index is 1.53. The maximum Gasteiger partial charge on any atom is 0.216 e. The van der Waals surface area contributed by atoms with Crippen LogP contribution in [-0.4, -0.2) is 52.3 Å². The second kappa shape index (κ2) is 9.69. The van der Waals surface area contributed by atoms with E-state index in [1.807, 2.05) is 16.9 Å². The predicted octanol–water partition coefficient (Wildman–Crippen LogP) is 3.57. The first-order valence-corrected chi connectivity index (χ1v) is 11.4. The fraction of sp³-hybridized carbons (Fsp3) is 0.480. The number of aromatic nitrogens is 3. The smallest absolute Gasteiger partial charge is 0.216 e. The Labute approximate surface area is 189 Å². The van der Waals surface area contributed by atoms with Crippen molar-refractivity contribution in [2.24, 2.45) is 0 Å². The van der Waals surface area contributed by atoms with Crippen molar-refractivity contribution in [3.8, 4) is 5.75 Å². The lowest BCUT2D eigenvalue weighted by Gasteiger charge is -2.32. The minimum absolute atomic E-state index is 0.0263. The molecule has 7 nitrogen and oxygen atoms in total. The zero-order chi connectivity index (χ0) is 22.7. The minimum atomic E-state index is -0.0263. The molecule has 7 heteroatoms. The number of hydrogen-bond donors (Lipinski definition) is 1. The van der Waals surface area contributed by atoms with Gasteiger partial charge in [-0.2, -0.15) is 5.10 Å². The Morgan fingerprint density at radius 3 is 2.88 bits per heavy atom. The molecular formula is C25H33N5O2. The van der Waals surface area contributed by atoms with E-state index < -0.39 is 0 Å². The van der Waals surface area contributed by atoms with E-state index in [0.29, 0.717) is 19.0 Å². The predicted molar refractivity (Wildman–Crippen MR) is 126 cm³/mol. The van der Waals surface area contributed by atoms with Crippen LogP contribution in [0.5, 0.6) is 5.75 Å². The van der Waals surface area contributed by atoms with Crippen LogP contribution in [-0.2, 0) is 17.9 Å². The summed E-state index contributed by atoms with van der Waals surface area (Å²) < 4.78 is 7.42. The molecule has 3 aromatic rings. The molecule has 4 rings (SSSR count). The van der Waals surface area contributed by atoms with Gasteiger partial charge in [0.05, 0.1) is 19.3 Å². The second-order valence-electron chi connectivity index (χ2n) is 8.72. The fourth-order valence-electron chi connectivity index (χ4n) is 4.74. The van der Waals surface area contributed by atoms with Gasteiger partial charge in [0, 0.05) is 44.1 Å². The van der Waals surface area contributed by atoms with E-state index in [2.05, 4.69) is 47.2 Å². The molecule has 32 heavy (non-hydrogen) atoms. The van der Waals surface area contributed by atoms with E-state index >= 15 is 0 Å². The highest BCUT2D eigenvalue weighted by molar-refractivity contribution is 5.79. The Morgan fingerprint density at radius 1 is 1.25 bits per heavy atom. The highest BCUT2D eigenvalue weighted by atomic mass is 16.5. The largest absolute Gasteiger partial charge is 0.496 e. The van der Waals surface area contributed by atoms with Crippen LogP contribution in [0, 0.1) is 13.8 Å². The van der Waals surface area contributed by atoms with Crippen LogP contribution in [0.3, 0.4) is 0 Å². The number of rotatable bonds is 7. The fourth-order valence-corrected chi connectivity index (χ4v) is 4.74. The molecule has 170 valence electrons. The zero-order valence-corrected chi connectivity index (χ0v) is 19.5. The highest BCUT2D eigenvalue weighted by Crippen LogP contribution is 2.32. The molecule has 0 unspecified atom stereocenters. The van der Waals surface area contributed by atoms with Crippen molar-refractivity contribution in [3.63, 3.8) is 0 Å². The van der Waals surface area contributed by atoms with Gasteiger partial charge >= 0.3 is 0 Å². The van der Waals surface area contributed by atoms with Crippen molar-refractivity contribution in [1.82, 2.24) is 25.0 Å². The van der Waals surface area contributed by atoms with Crippen LogP contribution < -0.4 is 10.1 Å². The number of carbonyl (C=O) groups is 1. The lowest BCUT2D eigenvalue weighted by Crippen LogP contribution is -2.34. The molecule has 1 saturated heterocycles. The third-order valence-electron chi connectivity index (χ3n) is 6.59. The molecule has 1 N–H and O–H groups in total. The number of carbonyl (C=O) groups excluding carboxylic acids is 1. The highest BCUT2D eigenvalue weighted by Gasteiger charge is 2.26. The molecule has 0 saturated carbocycles. The number of benzene rings is 1. The molecule has 1 atom stereocenters. The number of likely N-dealkylation sites (tertiary alicyclic amines) is 1. The number of methoxy groups -OCH3 is 1. The average Bonchev–Trinajstić information content (AvgIpc) is 3.16. The molecule has 3 heterocycles. The van der Waals surface area contributed by atoms with Gasteiger partial charge in [0.2, 0.25) is 5.91 Å². The Bertz CT molecular complexity index is 1110. The molecule has 2 aromatic heterocycles. The summed E-state index contributed by atoms with van der Waals surface area (Å²) in [6.45, 7) is 10.0. The van der Waals surface area contributed by atoms with Gasteiger partial charge in [-0.15, -0.1) is 0 Å². The second-order valence-corrected chi connectivity index (χ2v) is 8.72. The molecule has 1 aromatic carbocycles. The van der Waals surface area contributed by atoms with Gasteiger partial charge in [-0.25, -0.2) is 9.67 Å². The Kier molecular flexibility index (Phi) is 6.74. The van der Waals surface area contributed by atoms with E-state index in [0.717, 1.165) is 55.0 Å². The topological polar surface area (TPSA) is 72.3 Å². The lowest BCUT2D eigenvalue weighted by atomic mass is 9.92. The summed E-state index contributed by atoms with van der Waals surface area (Å²) in [7, 11) is 1.73. The third kappa shape index (κ3) is 4.63. The molecule has 1 amide bonds. The molecule has 1 aliphatic rings. The lowest BCUT2D eigenvalue weighted by molar-refractivity contribution is -0.118. The van der Waals surface area contributed by atoms with Gasteiger partial charge in [-0.3, -0.25) is 9.69 Å². The normalized spacial score (nSPS) is 16.9. The van der Waals surface area contributed by atoms with Crippen molar-refractivity contribution >= 4 is 16.9 Å². The van der Waals surface area contributed by atoms with Crippen molar-refractivity contribution in [2.45, 2.75) is 52.6 Å². The first-order valence-electron chi connectivity index (χ1n) is 11.4. The van der Waals surface area contributed by atoms with Gasteiger partial charge in [0.25, 0.3) is 0 Å². The molecule has 1 aliphatic heterocycles. The first-order chi connectivity index (χ1) is 15.5. The molecule has 0 spiro atoms. The summed E-state index contributed by atoms with van der Waals surface area (Å²) in [5.41, 5.74) is 5.91. The maximum absolute atomic E-state index is 11.2. The number of hydrogen-bond acceptors (Lipinski definition) is 5. The standard InChI is InChI=1S/C25H33N5O2/c1-17-18(2)23(32-4)10-9-20(17)15-29-13-6-7-21(16-29)24-22-8-5-11-27-25(22)30(28-24)14-12-26-19(3)31/h5,8-11,21H,6-7,12-16H2,1-4H3,(H,26,31)/t21-/m0/s1. The number of piperidine rings is 1. The monoisotopic (exact) mass is 435 g/mol. The number of amides is 1. The van der Waals surface area contributed by atoms with Crippen molar-refractivity contribution in [3.05, 3.63) is 52.8 Å². The molecule has 0 radical (unpaired) electrons. The quantitative estimate of drug-likeness (QED) is 0.614. The van der Waals surface area contributed by atoms with Gasteiger partial charge in [0.15, 0.2) is 5.65 Å². The SMILES string of the molecule is COc1ccc(CN2CCC[C@H](c3nn(CCNC(C)=O)c4ncccc34)C2)c(C)c1C. The Morgan fingerprint density at radius 2 is 2.09 bits per heavy atom. The van der Waals surface area contributed by atoms with Crippen LogP contribution in [0.4, 0.5) is 0 Å². The van der Waals surface area contributed by atoms with Crippen LogP contribution in [0.15, 0.2) is 30.5 Å². The molecular weight excluding hydrogens is 402 g/mol.